The van der Waals surface area contributed by atoms with Crippen LogP contribution in [0, 0.1) is 6.92 Å². The molecule has 7 heteroatoms. The number of aliphatic imine (C=N–C) groups is 1. The fraction of sp³-hybridized carbons (Fsp3) is 0.440. The van der Waals surface area contributed by atoms with Crippen molar-refractivity contribution in [3.8, 4) is 0 Å². The quantitative estimate of drug-likeness (QED) is 0.267. The van der Waals surface area contributed by atoms with E-state index in [4.69, 9.17) is 4.99 Å². The molecule has 0 fully saturated rings. The van der Waals surface area contributed by atoms with E-state index in [0.29, 0.717) is 12.1 Å². The van der Waals surface area contributed by atoms with Crippen molar-refractivity contribution in [2.45, 2.75) is 27.2 Å². The largest absolute Gasteiger partial charge is 0.370 e. The molecule has 0 heterocycles. The number of likely N-dealkylation sites (N-methyl/N-ethyl adjacent to an activating group) is 1. The van der Waals surface area contributed by atoms with Crippen molar-refractivity contribution in [2.75, 3.05) is 51.7 Å². The smallest absolute Gasteiger partial charge is 0.253 e. The third-order valence-electron chi connectivity index (χ3n) is 5.02. The van der Waals surface area contributed by atoms with Crippen LogP contribution in [0.4, 0.5) is 5.69 Å². The maximum atomic E-state index is 12.2. The summed E-state index contributed by atoms with van der Waals surface area (Å²) in [5.41, 5.74) is 4.35. The molecule has 0 atom stereocenters. The second-order valence-corrected chi connectivity index (χ2v) is 7.76. The number of nitrogens with one attached hydrogen (secondary N) is 2. The van der Waals surface area contributed by atoms with E-state index < -0.39 is 0 Å². The Morgan fingerprint density at radius 1 is 1.03 bits per heavy atom. The lowest BCUT2D eigenvalue weighted by molar-refractivity contribution is 0.0827. The van der Waals surface area contributed by atoms with Crippen LogP contribution < -0.4 is 15.5 Å². The molecule has 6 nitrogen and oxygen atoms in total. The second-order valence-electron chi connectivity index (χ2n) is 7.76. The van der Waals surface area contributed by atoms with Gasteiger partial charge in [0.2, 0.25) is 0 Å². The van der Waals surface area contributed by atoms with E-state index in [9.17, 15) is 4.79 Å². The molecule has 2 rings (SSSR count). The minimum Gasteiger partial charge on any atom is -0.370 e. The van der Waals surface area contributed by atoms with Gasteiger partial charge in [0, 0.05) is 58.1 Å². The Morgan fingerprint density at radius 3 is 2.44 bits per heavy atom. The molecule has 176 valence electrons. The number of rotatable bonds is 10. The van der Waals surface area contributed by atoms with Gasteiger partial charge in [-0.2, -0.15) is 0 Å². The third-order valence-corrected chi connectivity index (χ3v) is 5.02. The summed E-state index contributed by atoms with van der Waals surface area (Å²) >= 11 is 0. The van der Waals surface area contributed by atoms with Crippen molar-refractivity contribution in [2.24, 2.45) is 4.99 Å². The number of aryl methyl sites for hydroxylation is 1. The van der Waals surface area contributed by atoms with Gasteiger partial charge in [-0.1, -0.05) is 24.3 Å². The summed E-state index contributed by atoms with van der Waals surface area (Å²) in [6.45, 7) is 10.5. The predicted octanol–water partition coefficient (Wildman–Crippen LogP) is 3.94. The number of carbonyl (C=O) groups excluding carboxylic acids is 1. The molecule has 0 aliphatic carbocycles. The molecular weight excluding hydrogens is 513 g/mol. The molecule has 2 aromatic rings. The summed E-state index contributed by atoms with van der Waals surface area (Å²) in [6.07, 6.45) is 0.787. The first-order chi connectivity index (χ1) is 14.9. The first-order valence-corrected chi connectivity index (χ1v) is 11.1. The molecule has 0 aliphatic rings. The molecule has 1 amide bonds. The van der Waals surface area contributed by atoms with Crippen molar-refractivity contribution in [3.05, 3.63) is 65.2 Å². The SMILES string of the molecule is CCNC(=NCCc1cccc(C(=O)N(C)C)c1)NCCN(CC)c1cccc(C)c1.I. The van der Waals surface area contributed by atoms with Gasteiger partial charge in [-0.25, -0.2) is 0 Å². The Labute approximate surface area is 210 Å². The minimum absolute atomic E-state index is 0. The molecule has 0 saturated carbocycles. The Balaban J connectivity index is 0.00000512. The molecule has 0 unspecified atom stereocenters. The topological polar surface area (TPSA) is 60.0 Å². The van der Waals surface area contributed by atoms with Crippen molar-refractivity contribution < 1.29 is 4.79 Å². The first kappa shape index (κ1) is 27.7. The lowest BCUT2D eigenvalue weighted by Gasteiger charge is -2.24. The highest BCUT2D eigenvalue weighted by Gasteiger charge is 2.08. The summed E-state index contributed by atoms with van der Waals surface area (Å²) in [6, 6.07) is 16.4. The summed E-state index contributed by atoms with van der Waals surface area (Å²) in [5.74, 6) is 0.845. The summed E-state index contributed by atoms with van der Waals surface area (Å²) in [4.78, 5) is 20.8. The van der Waals surface area contributed by atoms with Gasteiger partial charge in [-0.3, -0.25) is 9.79 Å². The Bertz CT molecular complexity index is 869. The van der Waals surface area contributed by atoms with Gasteiger partial charge in [0.05, 0.1) is 0 Å². The zero-order valence-corrected chi connectivity index (χ0v) is 22.3. The van der Waals surface area contributed by atoms with E-state index in [1.165, 1.54) is 11.3 Å². The number of guanidine groups is 1. The van der Waals surface area contributed by atoms with Crippen LogP contribution in [0.1, 0.15) is 35.3 Å². The molecule has 0 aromatic heterocycles. The number of amides is 1. The fourth-order valence-electron chi connectivity index (χ4n) is 3.36. The summed E-state index contributed by atoms with van der Waals surface area (Å²) in [7, 11) is 3.54. The molecule has 0 bridgehead atoms. The molecule has 0 radical (unpaired) electrons. The molecule has 0 aliphatic heterocycles. The van der Waals surface area contributed by atoms with Gasteiger partial charge in [0.1, 0.15) is 0 Å². The molecule has 2 aromatic carbocycles. The minimum atomic E-state index is 0. The van der Waals surface area contributed by atoms with Gasteiger partial charge in [-0.05, 0) is 62.6 Å². The fourth-order valence-corrected chi connectivity index (χ4v) is 3.36. The molecule has 2 N–H and O–H groups in total. The van der Waals surface area contributed by atoms with Gasteiger partial charge in [0.25, 0.3) is 5.91 Å². The van der Waals surface area contributed by atoms with Gasteiger partial charge in [0.15, 0.2) is 5.96 Å². The van der Waals surface area contributed by atoms with Crippen LogP contribution in [0.2, 0.25) is 0 Å². The molecular formula is C25H38IN5O. The zero-order chi connectivity index (χ0) is 22.6. The van der Waals surface area contributed by atoms with Crippen LogP contribution >= 0.6 is 24.0 Å². The average Bonchev–Trinajstić information content (AvgIpc) is 2.76. The highest BCUT2D eigenvalue weighted by atomic mass is 127. The average molecular weight is 552 g/mol. The molecule has 0 saturated heterocycles. The first-order valence-electron chi connectivity index (χ1n) is 11.1. The van der Waals surface area contributed by atoms with Crippen molar-refractivity contribution in [1.29, 1.82) is 0 Å². The standard InChI is InChI=1S/C25H37N5O.HI/c1-6-26-25(28-16-17-30(7-2)23-13-8-10-20(3)18-23)27-15-14-21-11-9-12-22(19-21)24(31)29(4)5;/h8-13,18-19H,6-7,14-17H2,1-5H3,(H2,26,27,28);1H. The highest BCUT2D eigenvalue weighted by molar-refractivity contribution is 14.0. The van der Waals surface area contributed by atoms with Gasteiger partial charge >= 0.3 is 0 Å². The van der Waals surface area contributed by atoms with Crippen LogP contribution in [0.5, 0.6) is 0 Å². The number of hydrogen-bond acceptors (Lipinski definition) is 3. The van der Waals surface area contributed by atoms with Gasteiger partial charge < -0.3 is 20.4 Å². The zero-order valence-electron chi connectivity index (χ0n) is 20.0. The number of nitrogens with zero attached hydrogens (tertiary/aromatic N) is 3. The highest BCUT2D eigenvalue weighted by Crippen LogP contribution is 2.15. The Hall–Kier alpha value is -2.29. The van der Waals surface area contributed by atoms with Crippen LogP contribution in [0.3, 0.4) is 0 Å². The maximum Gasteiger partial charge on any atom is 0.253 e. The third kappa shape index (κ3) is 9.06. The van der Waals surface area contributed by atoms with Crippen LogP contribution in [0.15, 0.2) is 53.5 Å². The van der Waals surface area contributed by atoms with E-state index in [-0.39, 0.29) is 29.9 Å². The summed E-state index contributed by atoms with van der Waals surface area (Å²) < 4.78 is 0. The molecule has 32 heavy (non-hydrogen) atoms. The molecule has 0 spiro atoms. The number of anilines is 1. The van der Waals surface area contributed by atoms with Crippen LogP contribution in [0.25, 0.3) is 0 Å². The normalized spacial score (nSPS) is 10.8. The van der Waals surface area contributed by atoms with E-state index in [0.717, 1.165) is 44.1 Å². The number of benzene rings is 2. The van der Waals surface area contributed by atoms with Crippen molar-refractivity contribution >= 4 is 41.5 Å². The van der Waals surface area contributed by atoms with Crippen molar-refractivity contribution in [3.63, 3.8) is 0 Å². The van der Waals surface area contributed by atoms with Crippen LogP contribution in [-0.4, -0.2) is 63.6 Å². The maximum absolute atomic E-state index is 12.2. The van der Waals surface area contributed by atoms with Crippen LogP contribution in [-0.2, 0) is 6.42 Å². The van der Waals surface area contributed by atoms with E-state index in [2.05, 4.69) is 60.6 Å². The number of halogens is 1. The second kappa shape index (κ2) is 14.7. The summed E-state index contributed by atoms with van der Waals surface area (Å²) in [5, 5.41) is 6.75. The lowest BCUT2D eigenvalue weighted by Crippen LogP contribution is -2.41. The number of carbonyl (C=O) groups is 1. The van der Waals surface area contributed by atoms with Gasteiger partial charge in [-0.15, -0.1) is 24.0 Å². The Kier molecular flexibility index (Phi) is 12.8. The predicted molar refractivity (Wildman–Crippen MR) is 147 cm³/mol. The van der Waals surface area contributed by atoms with E-state index in [1.807, 2.05) is 24.3 Å². The van der Waals surface area contributed by atoms with E-state index in [1.54, 1.807) is 19.0 Å². The Morgan fingerprint density at radius 2 is 1.78 bits per heavy atom. The number of hydrogen-bond donors (Lipinski definition) is 2. The lowest BCUT2D eigenvalue weighted by atomic mass is 10.1. The van der Waals surface area contributed by atoms with Crippen molar-refractivity contribution in [1.82, 2.24) is 15.5 Å². The monoisotopic (exact) mass is 551 g/mol. The van der Waals surface area contributed by atoms with E-state index >= 15 is 0 Å².